The van der Waals surface area contributed by atoms with Crippen molar-refractivity contribution in [3.63, 3.8) is 0 Å². The fraction of sp³-hybridized carbons (Fsp3) is 0.600. The number of hydrogen-bond donors (Lipinski definition) is 0. The Kier molecular flexibility index (Phi) is 5.47. The van der Waals surface area contributed by atoms with E-state index in [0.717, 1.165) is 25.7 Å². The lowest BCUT2D eigenvalue weighted by atomic mass is 9.91. The highest BCUT2D eigenvalue weighted by atomic mass is 35.5. The van der Waals surface area contributed by atoms with Crippen LogP contribution in [0, 0.1) is 12.8 Å². The highest BCUT2D eigenvalue weighted by Crippen LogP contribution is 2.24. The van der Waals surface area contributed by atoms with Crippen LogP contribution in [0.15, 0.2) is 24.3 Å². The Morgan fingerprint density at radius 1 is 1.20 bits per heavy atom. The van der Waals surface area contributed by atoms with Gasteiger partial charge in [-0.3, -0.25) is 0 Å². The molecule has 0 spiro atoms. The molecule has 1 aromatic rings. The average molecular weight is 316 g/mol. The predicted octanol–water partition coefficient (Wildman–Crippen LogP) is 3.17. The summed E-state index contributed by atoms with van der Waals surface area (Å²) >= 11 is 5.49. The van der Waals surface area contributed by atoms with Crippen molar-refractivity contribution in [1.82, 2.24) is 4.31 Å². The maximum absolute atomic E-state index is 11.7. The molecule has 1 aliphatic rings. The zero-order valence-corrected chi connectivity index (χ0v) is 13.5. The second-order valence-corrected chi connectivity index (χ2v) is 8.14. The number of piperidine rings is 1. The third kappa shape index (κ3) is 4.21. The monoisotopic (exact) mass is 315 g/mol. The third-order valence-corrected chi connectivity index (χ3v) is 6.32. The number of nitrogens with zero attached hydrogens (tertiary/aromatic N) is 1. The molecule has 0 radical (unpaired) electrons. The molecule has 1 heterocycles. The molecule has 0 unspecified atom stereocenters. The van der Waals surface area contributed by atoms with E-state index in [4.69, 9.17) is 11.6 Å². The molecule has 0 aromatic heterocycles. The van der Waals surface area contributed by atoms with Crippen molar-refractivity contribution in [3.8, 4) is 0 Å². The average Bonchev–Trinajstić information content (AvgIpc) is 2.47. The van der Waals surface area contributed by atoms with Gasteiger partial charge in [0.2, 0.25) is 10.0 Å². The van der Waals surface area contributed by atoms with Crippen LogP contribution in [-0.2, 0) is 16.4 Å². The Hall–Kier alpha value is -0.580. The summed E-state index contributed by atoms with van der Waals surface area (Å²) in [7, 11) is -3.22. The normalized spacial score (nSPS) is 18.3. The molecule has 112 valence electrons. The van der Waals surface area contributed by atoms with E-state index in [9.17, 15) is 8.42 Å². The first-order valence-corrected chi connectivity index (χ1v) is 9.25. The van der Waals surface area contributed by atoms with Gasteiger partial charge in [-0.15, -0.1) is 11.6 Å². The van der Waals surface area contributed by atoms with Crippen molar-refractivity contribution in [3.05, 3.63) is 35.4 Å². The Balaban J connectivity index is 1.79. The van der Waals surface area contributed by atoms with Crippen LogP contribution in [0.25, 0.3) is 0 Å². The molecule has 0 bridgehead atoms. The van der Waals surface area contributed by atoms with E-state index in [1.165, 1.54) is 15.4 Å². The molecule has 1 saturated heterocycles. The molecule has 5 heteroatoms. The number of hydrogen-bond acceptors (Lipinski definition) is 2. The van der Waals surface area contributed by atoms with Crippen LogP contribution in [0.4, 0.5) is 0 Å². The minimum atomic E-state index is -3.22. The van der Waals surface area contributed by atoms with Gasteiger partial charge in [-0.2, -0.15) is 0 Å². The highest BCUT2D eigenvalue weighted by molar-refractivity contribution is 7.90. The maximum Gasteiger partial charge on any atom is 0.228 e. The number of alkyl halides is 1. The Labute approximate surface area is 127 Å². The van der Waals surface area contributed by atoms with Crippen LogP contribution in [0.1, 0.15) is 30.4 Å². The minimum Gasteiger partial charge on any atom is -0.211 e. The molecule has 1 aromatic carbocycles. The van der Waals surface area contributed by atoms with E-state index in [1.807, 2.05) is 0 Å². The van der Waals surface area contributed by atoms with Crippen LogP contribution in [0.5, 0.6) is 0 Å². The molecular weight excluding hydrogens is 294 g/mol. The van der Waals surface area contributed by atoms with Crippen molar-refractivity contribution >= 4 is 21.6 Å². The molecule has 0 amide bonds. The maximum atomic E-state index is 11.7. The standard InChI is InChI=1S/C15H22ClNO2S/c1-13-2-4-14(5-3-13)6-7-15-8-10-17(11-9-15)20(18,19)12-16/h2-5,15H,6-12H2,1H3. The van der Waals surface area contributed by atoms with Crippen molar-refractivity contribution in [2.24, 2.45) is 5.92 Å². The van der Waals surface area contributed by atoms with Crippen LogP contribution >= 0.6 is 11.6 Å². The third-order valence-electron chi connectivity index (χ3n) is 4.07. The summed E-state index contributed by atoms with van der Waals surface area (Å²) in [6.45, 7) is 3.33. The van der Waals surface area contributed by atoms with Gasteiger partial charge in [-0.05, 0) is 44.1 Å². The molecule has 3 nitrogen and oxygen atoms in total. The van der Waals surface area contributed by atoms with Crippen molar-refractivity contribution in [2.45, 2.75) is 32.6 Å². The number of aryl methyl sites for hydroxylation is 2. The Morgan fingerprint density at radius 3 is 2.35 bits per heavy atom. The van der Waals surface area contributed by atoms with Crippen LogP contribution in [-0.4, -0.2) is 31.0 Å². The summed E-state index contributed by atoms with van der Waals surface area (Å²) < 4.78 is 24.9. The van der Waals surface area contributed by atoms with Crippen molar-refractivity contribution in [2.75, 3.05) is 18.3 Å². The van der Waals surface area contributed by atoms with Gasteiger partial charge < -0.3 is 0 Å². The predicted molar refractivity (Wildman–Crippen MR) is 83.4 cm³/mol. The molecule has 2 rings (SSSR count). The van der Waals surface area contributed by atoms with Crippen LogP contribution in [0.2, 0.25) is 0 Å². The summed E-state index contributed by atoms with van der Waals surface area (Å²) in [5.41, 5.74) is 2.65. The Bertz CT molecular complexity index is 519. The minimum absolute atomic E-state index is 0.305. The molecule has 0 N–H and O–H groups in total. The summed E-state index contributed by atoms with van der Waals surface area (Å²) in [6.07, 6.45) is 4.11. The zero-order chi connectivity index (χ0) is 14.6. The topological polar surface area (TPSA) is 37.4 Å². The lowest BCUT2D eigenvalue weighted by Gasteiger charge is -2.30. The Morgan fingerprint density at radius 2 is 1.80 bits per heavy atom. The van der Waals surface area contributed by atoms with E-state index in [2.05, 4.69) is 31.2 Å². The van der Waals surface area contributed by atoms with Crippen LogP contribution < -0.4 is 0 Å². The van der Waals surface area contributed by atoms with Crippen molar-refractivity contribution < 1.29 is 8.42 Å². The first kappa shape index (κ1) is 15.8. The summed E-state index contributed by atoms with van der Waals surface area (Å²) in [6, 6.07) is 8.65. The lowest BCUT2D eigenvalue weighted by molar-refractivity contribution is 0.264. The second kappa shape index (κ2) is 6.92. The SMILES string of the molecule is Cc1ccc(CCC2CCN(S(=O)(=O)CCl)CC2)cc1. The molecule has 1 fully saturated rings. The quantitative estimate of drug-likeness (QED) is 0.783. The smallest absolute Gasteiger partial charge is 0.211 e. The molecule has 0 saturated carbocycles. The fourth-order valence-electron chi connectivity index (χ4n) is 2.67. The van der Waals surface area contributed by atoms with Gasteiger partial charge in [0.05, 0.1) is 0 Å². The van der Waals surface area contributed by atoms with Crippen molar-refractivity contribution in [1.29, 1.82) is 0 Å². The number of sulfonamides is 1. The summed E-state index contributed by atoms with van der Waals surface area (Å²) in [5, 5.41) is -0.305. The summed E-state index contributed by atoms with van der Waals surface area (Å²) in [4.78, 5) is 0. The van der Waals surface area contributed by atoms with Gasteiger partial charge in [-0.25, -0.2) is 12.7 Å². The first-order chi connectivity index (χ1) is 9.51. The van der Waals surface area contributed by atoms with E-state index < -0.39 is 10.0 Å². The van der Waals surface area contributed by atoms with E-state index in [0.29, 0.717) is 19.0 Å². The first-order valence-electron chi connectivity index (χ1n) is 7.10. The fourth-order valence-corrected chi connectivity index (χ4v) is 3.99. The number of rotatable bonds is 5. The van der Waals surface area contributed by atoms with Gasteiger partial charge in [0.25, 0.3) is 0 Å². The van der Waals surface area contributed by atoms with E-state index >= 15 is 0 Å². The molecule has 0 atom stereocenters. The highest BCUT2D eigenvalue weighted by Gasteiger charge is 2.26. The van der Waals surface area contributed by atoms with Gasteiger partial charge >= 0.3 is 0 Å². The molecule has 20 heavy (non-hydrogen) atoms. The van der Waals surface area contributed by atoms with Gasteiger partial charge in [-0.1, -0.05) is 29.8 Å². The second-order valence-electron chi connectivity index (χ2n) is 5.59. The largest absolute Gasteiger partial charge is 0.228 e. The van der Waals surface area contributed by atoms with E-state index in [-0.39, 0.29) is 5.21 Å². The zero-order valence-electron chi connectivity index (χ0n) is 11.9. The van der Waals surface area contributed by atoms with Gasteiger partial charge in [0, 0.05) is 13.1 Å². The molecule has 0 aliphatic carbocycles. The summed E-state index contributed by atoms with van der Waals surface area (Å²) in [5.74, 6) is 0.623. The van der Waals surface area contributed by atoms with E-state index in [1.54, 1.807) is 0 Å². The number of benzene rings is 1. The molecular formula is C15H22ClNO2S. The molecule has 1 aliphatic heterocycles. The number of halogens is 1. The lowest BCUT2D eigenvalue weighted by Crippen LogP contribution is -2.39. The van der Waals surface area contributed by atoms with Crippen LogP contribution in [0.3, 0.4) is 0 Å². The van der Waals surface area contributed by atoms with Gasteiger partial charge in [0.15, 0.2) is 0 Å². The van der Waals surface area contributed by atoms with Gasteiger partial charge in [0.1, 0.15) is 5.21 Å².